The Bertz CT molecular complexity index is 657. The molecule has 1 unspecified atom stereocenters. The largest absolute Gasteiger partial charge is 0.496 e. The number of carbonyl (C=O) groups is 1. The summed E-state index contributed by atoms with van der Waals surface area (Å²) in [5.74, 6) is 1.27. The molecule has 1 aliphatic heterocycles. The molecule has 1 fully saturated rings. The number of likely N-dealkylation sites (tertiary alicyclic amines) is 1. The molecule has 0 saturated carbocycles. The highest BCUT2D eigenvalue weighted by molar-refractivity contribution is 5.78. The van der Waals surface area contributed by atoms with Crippen molar-refractivity contribution in [3.05, 3.63) is 29.8 Å². The number of benzene rings is 1. The lowest BCUT2D eigenvalue weighted by molar-refractivity contribution is 0.0963. The van der Waals surface area contributed by atoms with E-state index in [0.29, 0.717) is 32.2 Å². The van der Waals surface area contributed by atoms with E-state index in [9.17, 15) is 4.79 Å². The van der Waals surface area contributed by atoms with Crippen LogP contribution < -0.4 is 15.8 Å². The minimum Gasteiger partial charge on any atom is -0.496 e. The van der Waals surface area contributed by atoms with Gasteiger partial charge in [0.25, 0.3) is 0 Å². The SMILES string of the molecule is CCOC(=O)N1CCC(NC(N)=NCC(c2ccccc2OC)N(C)C)CC1. The molecule has 1 aromatic rings. The summed E-state index contributed by atoms with van der Waals surface area (Å²) in [6.07, 6.45) is 1.39. The van der Waals surface area contributed by atoms with Crippen molar-refractivity contribution in [2.75, 3.05) is 47.4 Å². The minimum atomic E-state index is -0.242. The van der Waals surface area contributed by atoms with E-state index >= 15 is 0 Å². The van der Waals surface area contributed by atoms with Crippen molar-refractivity contribution in [1.29, 1.82) is 0 Å². The summed E-state index contributed by atoms with van der Waals surface area (Å²) < 4.78 is 10.5. The summed E-state index contributed by atoms with van der Waals surface area (Å²) >= 11 is 0. The van der Waals surface area contributed by atoms with Crippen LogP contribution in [0.1, 0.15) is 31.4 Å². The van der Waals surface area contributed by atoms with E-state index < -0.39 is 0 Å². The fraction of sp³-hybridized carbons (Fsp3) is 0.600. The van der Waals surface area contributed by atoms with Crippen molar-refractivity contribution in [2.24, 2.45) is 10.7 Å². The lowest BCUT2D eigenvalue weighted by atomic mass is 10.0. The van der Waals surface area contributed by atoms with Crippen molar-refractivity contribution < 1.29 is 14.3 Å². The van der Waals surface area contributed by atoms with Gasteiger partial charge in [0, 0.05) is 24.7 Å². The predicted molar refractivity (Wildman–Crippen MR) is 111 cm³/mol. The fourth-order valence-corrected chi connectivity index (χ4v) is 3.34. The molecule has 1 aliphatic rings. The Labute approximate surface area is 167 Å². The van der Waals surface area contributed by atoms with Gasteiger partial charge in [-0.15, -0.1) is 0 Å². The Morgan fingerprint density at radius 3 is 2.64 bits per heavy atom. The van der Waals surface area contributed by atoms with Gasteiger partial charge in [0.05, 0.1) is 26.3 Å². The van der Waals surface area contributed by atoms with Crippen LogP contribution in [-0.4, -0.2) is 75.3 Å². The maximum Gasteiger partial charge on any atom is 0.409 e. The maximum absolute atomic E-state index is 11.8. The molecule has 156 valence electrons. The first-order valence-corrected chi connectivity index (χ1v) is 9.73. The molecule has 8 nitrogen and oxygen atoms in total. The zero-order valence-corrected chi connectivity index (χ0v) is 17.4. The zero-order valence-electron chi connectivity index (χ0n) is 17.4. The number of nitrogens with zero attached hydrogens (tertiary/aromatic N) is 3. The third kappa shape index (κ3) is 6.02. The number of amides is 1. The Hall–Kier alpha value is -2.48. The molecule has 0 radical (unpaired) electrons. The molecule has 0 spiro atoms. The normalized spacial score (nSPS) is 16.8. The van der Waals surface area contributed by atoms with Gasteiger partial charge in [-0.2, -0.15) is 0 Å². The Kier molecular flexibility index (Phi) is 8.38. The number of hydrogen-bond donors (Lipinski definition) is 2. The summed E-state index contributed by atoms with van der Waals surface area (Å²) in [7, 11) is 5.70. The monoisotopic (exact) mass is 391 g/mol. The van der Waals surface area contributed by atoms with Gasteiger partial charge in [-0.3, -0.25) is 4.99 Å². The number of guanidine groups is 1. The van der Waals surface area contributed by atoms with Crippen molar-refractivity contribution >= 4 is 12.1 Å². The molecule has 28 heavy (non-hydrogen) atoms. The van der Waals surface area contributed by atoms with Crippen molar-refractivity contribution in [1.82, 2.24) is 15.1 Å². The van der Waals surface area contributed by atoms with Gasteiger partial charge in [-0.25, -0.2) is 4.79 Å². The van der Waals surface area contributed by atoms with Crippen LogP contribution in [0.3, 0.4) is 0 Å². The first-order valence-electron chi connectivity index (χ1n) is 9.73. The molecule has 1 atom stereocenters. The van der Waals surface area contributed by atoms with Crippen LogP contribution in [0.5, 0.6) is 5.75 Å². The number of methoxy groups -OCH3 is 1. The van der Waals surface area contributed by atoms with E-state index in [1.54, 1.807) is 12.0 Å². The second-order valence-corrected chi connectivity index (χ2v) is 7.05. The molecule has 1 heterocycles. The number of piperidine rings is 1. The number of aliphatic imine (C=N–C) groups is 1. The van der Waals surface area contributed by atoms with Gasteiger partial charge >= 0.3 is 6.09 Å². The summed E-state index contributed by atoms with van der Waals surface area (Å²) in [6.45, 7) is 4.05. The molecular weight excluding hydrogens is 358 g/mol. The van der Waals surface area contributed by atoms with Crippen LogP contribution in [0.2, 0.25) is 0 Å². The van der Waals surface area contributed by atoms with Crippen molar-refractivity contribution in [3.63, 3.8) is 0 Å². The standard InChI is InChI=1S/C20H33N5O3/c1-5-28-20(26)25-12-10-15(11-13-25)23-19(21)22-14-17(24(2)3)16-8-6-7-9-18(16)27-4/h6-9,15,17H,5,10-14H2,1-4H3,(H3,21,22,23). The molecule has 1 amide bonds. The number of ether oxygens (including phenoxy) is 2. The number of nitrogens with one attached hydrogen (secondary N) is 1. The number of carbonyl (C=O) groups excluding carboxylic acids is 1. The molecule has 1 aromatic carbocycles. The molecule has 0 aliphatic carbocycles. The van der Waals surface area contributed by atoms with Gasteiger partial charge in [-0.05, 0) is 39.9 Å². The van der Waals surface area contributed by atoms with Gasteiger partial charge in [-0.1, -0.05) is 18.2 Å². The number of para-hydroxylation sites is 1. The molecule has 8 heteroatoms. The van der Waals surface area contributed by atoms with Gasteiger partial charge in [0.15, 0.2) is 5.96 Å². The number of nitrogens with two attached hydrogens (primary N) is 1. The Morgan fingerprint density at radius 2 is 2.04 bits per heavy atom. The average molecular weight is 392 g/mol. The van der Waals surface area contributed by atoms with Crippen LogP contribution >= 0.6 is 0 Å². The smallest absolute Gasteiger partial charge is 0.409 e. The molecular formula is C20H33N5O3. The lowest BCUT2D eigenvalue weighted by Crippen LogP contribution is -2.48. The van der Waals surface area contributed by atoms with Gasteiger partial charge in [0.1, 0.15) is 5.75 Å². The first-order chi connectivity index (χ1) is 13.5. The van der Waals surface area contributed by atoms with E-state index in [4.69, 9.17) is 15.2 Å². The average Bonchev–Trinajstić information content (AvgIpc) is 2.69. The first kappa shape index (κ1) is 21.8. The van der Waals surface area contributed by atoms with Crippen molar-refractivity contribution in [3.8, 4) is 5.75 Å². The third-order valence-corrected chi connectivity index (χ3v) is 4.93. The number of hydrogen-bond acceptors (Lipinski definition) is 5. The summed E-state index contributed by atoms with van der Waals surface area (Å²) in [6, 6.07) is 8.22. The van der Waals surface area contributed by atoms with Crippen LogP contribution in [0.4, 0.5) is 4.79 Å². The quantitative estimate of drug-likeness (QED) is 0.544. The van der Waals surface area contributed by atoms with Gasteiger partial charge in [0.2, 0.25) is 0 Å². The van der Waals surface area contributed by atoms with E-state index in [1.165, 1.54) is 0 Å². The van der Waals surface area contributed by atoms with Crippen LogP contribution in [0.15, 0.2) is 29.3 Å². The summed E-state index contributed by atoms with van der Waals surface area (Å²) in [4.78, 5) is 20.2. The molecule has 3 N–H and O–H groups in total. The summed E-state index contributed by atoms with van der Waals surface area (Å²) in [5, 5.41) is 3.28. The second kappa shape index (κ2) is 10.8. The van der Waals surface area contributed by atoms with Gasteiger partial charge < -0.3 is 30.3 Å². The van der Waals surface area contributed by atoms with Crippen LogP contribution in [0.25, 0.3) is 0 Å². The number of likely N-dealkylation sites (N-methyl/N-ethyl adjacent to an activating group) is 1. The number of rotatable bonds is 7. The Balaban J connectivity index is 1.91. The molecule has 0 bridgehead atoms. The van der Waals surface area contributed by atoms with E-state index in [-0.39, 0.29) is 18.2 Å². The zero-order chi connectivity index (χ0) is 20.5. The lowest BCUT2D eigenvalue weighted by Gasteiger charge is -2.32. The summed E-state index contributed by atoms with van der Waals surface area (Å²) in [5.41, 5.74) is 7.21. The second-order valence-electron chi connectivity index (χ2n) is 7.05. The highest BCUT2D eigenvalue weighted by Crippen LogP contribution is 2.28. The Morgan fingerprint density at radius 1 is 1.36 bits per heavy atom. The van der Waals surface area contributed by atoms with E-state index in [2.05, 4.69) is 15.2 Å². The minimum absolute atomic E-state index is 0.0576. The van der Waals surface area contributed by atoms with Crippen molar-refractivity contribution in [2.45, 2.75) is 31.8 Å². The topological polar surface area (TPSA) is 92.4 Å². The molecule has 1 saturated heterocycles. The highest BCUT2D eigenvalue weighted by atomic mass is 16.6. The van der Waals surface area contributed by atoms with E-state index in [0.717, 1.165) is 24.2 Å². The maximum atomic E-state index is 11.8. The van der Waals surface area contributed by atoms with Crippen LogP contribution in [-0.2, 0) is 4.74 Å². The molecule has 2 rings (SSSR count). The third-order valence-electron chi connectivity index (χ3n) is 4.93. The fourth-order valence-electron chi connectivity index (χ4n) is 3.34. The predicted octanol–water partition coefficient (Wildman–Crippen LogP) is 1.82. The highest BCUT2D eigenvalue weighted by Gasteiger charge is 2.24. The molecule has 0 aromatic heterocycles. The van der Waals surface area contributed by atoms with E-state index in [1.807, 2.05) is 45.3 Å². The van der Waals surface area contributed by atoms with Crippen LogP contribution in [0, 0.1) is 0 Å².